The van der Waals surface area contributed by atoms with E-state index in [0.717, 1.165) is 0 Å². The summed E-state index contributed by atoms with van der Waals surface area (Å²) >= 11 is 0. The van der Waals surface area contributed by atoms with Crippen molar-refractivity contribution in [1.29, 1.82) is 0 Å². The maximum Gasteiger partial charge on any atom is 0.331 e. The lowest BCUT2D eigenvalue weighted by molar-refractivity contribution is -0.146. The van der Waals surface area contributed by atoms with Gasteiger partial charge in [-0.05, 0) is 18.6 Å². The van der Waals surface area contributed by atoms with Gasteiger partial charge in [0.15, 0.2) is 0 Å². The summed E-state index contributed by atoms with van der Waals surface area (Å²) in [4.78, 5) is 10.9. The van der Waals surface area contributed by atoms with Crippen LogP contribution in [0.3, 0.4) is 0 Å². The summed E-state index contributed by atoms with van der Waals surface area (Å²) < 4.78 is 48.8. The first-order chi connectivity index (χ1) is 12.0. The summed E-state index contributed by atoms with van der Waals surface area (Å²) in [5, 5.41) is 0. The molecular weight excluding hydrogens is 352 g/mol. The molecule has 0 atom stereocenters. The van der Waals surface area contributed by atoms with E-state index in [0.29, 0.717) is 25.4 Å². The minimum atomic E-state index is -3.77. The zero-order chi connectivity index (χ0) is 18.5. The third-order valence-electron chi connectivity index (χ3n) is 3.02. The van der Waals surface area contributed by atoms with Gasteiger partial charge in [0, 0.05) is 0 Å². The molecule has 0 N–H and O–H groups in total. The van der Waals surface area contributed by atoms with Crippen LogP contribution in [-0.4, -0.2) is 67.7 Å². The SMILES string of the molecule is COC(=O)COCCOCCOCCOS(=O)(=O)c1ccccc1C. The van der Waals surface area contributed by atoms with Gasteiger partial charge in [0.1, 0.15) is 6.61 Å². The zero-order valence-electron chi connectivity index (χ0n) is 14.4. The summed E-state index contributed by atoms with van der Waals surface area (Å²) in [6.07, 6.45) is 0. The van der Waals surface area contributed by atoms with E-state index in [9.17, 15) is 13.2 Å². The van der Waals surface area contributed by atoms with Crippen LogP contribution in [0.5, 0.6) is 0 Å². The molecule has 0 amide bonds. The molecule has 0 saturated heterocycles. The number of benzene rings is 1. The third kappa shape index (κ3) is 8.94. The van der Waals surface area contributed by atoms with Crippen LogP contribution >= 0.6 is 0 Å². The lowest BCUT2D eigenvalue weighted by Crippen LogP contribution is -2.16. The van der Waals surface area contributed by atoms with Crippen LogP contribution in [0, 0.1) is 6.92 Å². The topological polar surface area (TPSA) is 97.4 Å². The molecule has 0 unspecified atom stereocenters. The molecule has 8 nitrogen and oxygen atoms in total. The molecule has 0 fully saturated rings. The van der Waals surface area contributed by atoms with E-state index in [1.165, 1.54) is 13.2 Å². The largest absolute Gasteiger partial charge is 0.467 e. The van der Waals surface area contributed by atoms with Crippen LogP contribution in [0.1, 0.15) is 5.56 Å². The highest BCUT2D eigenvalue weighted by Gasteiger charge is 2.16. The molecule has 0 bridgehead atoms. The van der Waals surface area contributed by atoms with Gasteiger partial charge in [0.05, 0.1) is 51.6 Å². The van der Waals surface area contributed by atoms with Crippen LogP contribution in [-0.2, 0) is 38.0 Å². The van der Waals surface area contributed by atoms with Gasteiger partial charge in [-0.1, -0.05) is 18.2 Å². The lowest BCUT2D eigenvalue weighted by atomic mass is 10.2. The summed E-state index contributed by atoms with van der Waals surface area (Å²) in [6, 6.07) is 6.62. The average Bonchev–Trinajstić information content (AvgIpc) is 2.59. The molecular formula is C16H24O8S. The first-order valence-electron chi connectivity index (χ1n) is 7.72. The van der Waals surface area contributed by atoms with Gasteiger partial charge in [0.2, 0.25) is 0 Å². The molecule has 1 aromatic carbocycles. The predicted octanol–water partition coefficient (Wildman–Crippen LogP) is 0.923. The lowest BCUT2D eigenvalue weighted by Gasteiger charge is -2.09. The monoisotopic (exact) mass is 376 g/mol. The van der Waals surface area contributed by atoms with E-state index >= 15 is 0 Å². The van der Waals surface area contributed by atoms with Crippen molar-refractivity contribution in [3.8, 4) is 0 Å². The van der Waals surface area contributed by atoms with Crippen molar-refractivity contribution in [2.24, 2.45) is 0 Å². The van der Waals surface area contributed by atoms with Crippen molar-refractivity contribution in [2.45, 2.75) is 11.8 Å². The van der Waals surface area contributed by atoms with Crippen molar-refractivity contribution < 1.29 is 36.3 Å². The Morgan fingerprint density at radius 3 is 2.08 bits per heavy atom. The van der Waals surface area contributed by atoms with Crippen LogP contribution in [0.2, 0.25) is 0 Å². The number of hydrogen-bond donors (Lipinski definition) is 0. The van der Waals surface area contributed by atoms with E-state index < -0.39 is 16.1 Å². The van der Waals surface area contributed by atoms with E-state index in [4.69, 9.17) is 18.4 Å². The van der Waals surface area contributed by atoms with Crippen molar-refractivity contribution in [1.82, 2.24) is 0 Å². The maximum absolute atomic E-state index is 12.0. The van der Waals surface area contributed by atoms with Crippen LogP contribution in [0.15, 0.2) is 29.2 Å². The molecule has 1 rings (SSSR count). The number of esters is 1. The van der Waals surface area contributed by atoms with Crippen molar-refractivity contribution in [3.63, 3.8) is 0 Å². The third-order valence-corrected chi connectivity index (χ3v) is 4.49. The smallest absolute Gasteiger partial charge is 0.331 e. The Kier molecular flexibility index (Phi) is 10.3. The summed E-state index contributed by atoms with van der Waals surface area (Å²) in [5.74, 6) is -0.441. The van der Waals surface area contributed by atoms with E-state index in [-0.39, 0.29) is 31.3 Å². The van der Waals surface area contributed by atoms with E-state index in [1.807, 2.05) is 0 Å². The number of methoxy groups -OCH3 is 1. The minimum Gasteiger partial charge on any atom is -0.467 e. The molecule has 0 aliphatic carbocycles. The zero-order valence-corrected chi connectivity index (χ0v) is 15.2. The Bertz CT molecular complexity index is 614. The van der Waals surface area contributed by atoms with Crippen molar-refractivity contribution >= 4 is 16.1 Å². The van der Waals surface area contributed by atoms with Gasteiger partial charge < -0.3 is 18.9 Å². The van der Waals surface area contributed by atoms with Gasteiger partial charge in [-0.2, -0.15) is 8.42 Å². The first kappa shape index (κ1) is 21.5. The normalized spacial score (nSPS) is 11.4. The quantitative estimate of drug-likeness (QED) is 0.285. The Hall–Kier alpha value is -1.52. The summed E-state index contributed by atoms with van der Waals surface area (Å²) in [5.41, 5.74) is 0.631. The Morgan fingerprint density at radius 1 is 0.920 bits per heavy atom. The van der Waals surface area contributed by atoms with Gasteiger partial charge in [0.25, 0.3) is 10.1 Å². The predicted molar refractivity (Wildman–Crippen MR) is 88.8 cm³/mol. The molecule has 0 aliphatic heterocycles. The second kappa shape index (κ2) is 11.9. The molecule has 0 aliphatic rings. The maximum atomic E-state index is 12.0. The van der Waals surface area contributed by atoms with Crippen LogP contribution < -0.4 is 0 Å². The Morgan fingerprint density at radius 2 is 1.48 bits per heavy atom. The number of ether oxygens (including phenoxy) is 4. The van der Waals surface area contributed by atoms with Crippen LogP contribution in [0.25, 0.3) is 0 Å². The first-order valence-corrected chi connectivity index (χ1v) is 9.13. The fourth-order valence-electron chi connectivity index (χ4n) is 1.76. The van der Waals surface area contributed by atoms with Crippen LogP contribution in [0.4, 0.5) is 0 Å². The van der Waals surface area contributed by atoms with E-state index in [2.05, 4.69) is 4.74 Å². The number of rotatable bonds is 13. The molecule has 0 aromatic heterocycles. The molecule has 142 valence electrons. The minimum absolute atomic E-state index is 0.0705. The van der Waals surface area contributed by atoms with Crippen molar-refractivity contribution in [2.75, 3.05) is 53.4 Å². The molecule has 9 heteroatoms. The number of hydrogen-bond acceptors (Lipinski definition) is 8. The average molecular weight is 376 g/mol. The van der Waals surface area contributed by atoms with Gasteiger partial charge in [-0.25, -0.2) is 4.79 Å². The number of aryl methyl sites for hydroxylation is 1. The summed E-state index contributed by atoms with van der Waals surface area (Å²) in [7, 11) is -2.49. The molecule has 0 saturated carbocycles. The van der Waals surface area contributed by atoms with Gasteiger partial charge >= 0.3 is 5.97 Å². The van der Waals surface area contributed by atoms with Crippen molar-refractivity contribution in [3.05, 3.63) is 29.8 Å². The fourth-order valence-corrected chi connectivity index (χ4v) is 2.88. The highest BCUT2D eigenvalue weighted by molar-refractivity contribution is 7.86. The highest BCUT2D eigenvalue weighted by atomic mass is 32.2. The molecule has 0 spiro atoms. The molecule has 0 radical (unpaired) electrons. The molecule has 25 heavy (non-hydrogen) atoms. The molecule has 0 heterocycles. The summed E-state index contributed by atoms with van der Waals surface area (Å²) in [6.45, 7) is 2.87. The fraction of sp³-hybridized carbons (Fsp3) is 0.562. The van der Waals surface area contributed by atoms with E-state index in [1.54, 1.807) is 25.1 Å². The van der Waals surface area contributed by atoms with Gasteiger partial charge in [-0.3, -0.25) is 4.18 Å². The Balaban J connectivity index is 2.04. The molecule has 1 aromatic rings. The number of carbonyl (C=O) groups is 1. The Labute approximate surface area is 148 Å². The highest BCUT2D eigenvalue weighted by Crippen LogP contribution is 2.16. The number of carbonyl (C=O) groups excluding carboxylic acids is 1. The second-order valence-electron chi connectivity index (χ2n) is 4.90. The standard InChI is InChI=1S/C16H24O8S/c1-14-5-3-4-6-15(14)25(18,19)24-12-11-22-8-7-21-9-10-23-13-16(17)20-2/h3-6H,7-13H2,1-2H3. The van der Waals surface area contributed by atoms with Gasteiger partial charge in [-0.15, -0.1) is 0 Å². The second-order valence-corrected chi connectivity index (χ2v) is 6.48.